The molecule has 2 aromatic heterocycles. The lowest BCUT2D eigenvalue weighted by Gasteiger charge is -2.20. The van der Waals surface area contributed by atoms with Crippen LogP contribution in [0, 0.1) is 19.8 Å². The van der Waals surface area contributed by atoms with Crippen LogP contribution < -0.4 is 0 Å². The van der Waals surface area contributed by atoms with Gasteiger partial charge in [0, 0.05) is 26.1 Å². The highest BCUT2D eigenvalue weighted by atomic mass is 32.2. The van der Waals surface area contributed by atoms with Crippen LogP contribution in [0.5, 0.6) is 0 Å². The van der Waals surface area contributed by atoms with Crippen molar-refractivity contribution < 1.29 is 17.5 Å². The van der Waals surface area contributed by atoms with E-state index in [1.54, 1.807) is 13.8 Å². The zero-order valence-electron chi connectivity index (χ0n) is 16.3. The summed E-state index contributed by atoms with van der Waals surface area (Å²) in [6.07, 6.45) is 1.52. The summed E-state index contributed by atoms with van der Waals surface area (Å²) in [5, 5.41) is 7.79. The van der Waals surface area contributed by atoms with Crippen LogP contribution in [0.25, 0.3) is 0 Å². The van der Waals surface area contributed by atoms with E-state index in [4.69, 9.17) is 9.05 Å². The van der Waals surface area contributed by atoms with Crippen LogP contribution in [0.1, 0.15) is 43.4 Å². The van der Waals surface area contributed by atoms with Gasteiger partial charge in [0.15, 0.2) is 11.6 Å². The third-order valence-corrected chi connectivity index (χ3v) is 6.72. The minimum atomic E-state index is -3.61. The van der Waals surface area contributed by atoms with E-state index < -0.39 is 10.0 Å². The average Bonchev–Trinajstić information content (AvgIpc) is 3.06. The smallest absolute Gasteiger partial charge is 0.248 e. The first-order valence-corrected chi connectivity index (χ1v) is 10.7. The Hall–Kier alpha value is -1.78. The SMILES string of the molecule is Cc1noc(C)c1S(=O)(=O)N1CCCN(Cc2nc(CC(C)C)no2)CC1. The van der Waals surface area contributed by atoms with E-state index in [0.717, 1.165) is 25.2 Å². The first-order valence-electron chi connectivity index (χ1n) is 9.24. The molecule has 3 heterocycles. The van der Waals surface area contributed by atoms with Gasteiger partial charge in [0.05, 0.1) is 6.54 Å². The molecule has 0 atom stereocenters. The van der Waals surface area contributed by atoms with Crippen molar-refractivity contribution in [2.45, 2.75) is 52.0 Å². The predicted molar refractivity (Wildman–Crippen MR) is 97.5 cm³/mol. The van der Waals surface area contributed by atoms with Crippen LogP contribution in [-0.2, 0) is 23.0 Å². The highest BCUT2D eigenvalue weighted by Crippen LogP contribution is 2.24. The van der Waals surface area contributed by atoms with Crippen molar-refractivity contribution in [1.82, 2.24) is 24.5 Å². The molecule has 1 saturated heterocycles. The molecule has 0 radical (unpaired) electrons. The van der Waals surface area contributed by atoms with Crippen molar-refractivity contribution in [3.05, 3.63) is 23.2 Å². The Morgan fingerprint density at radius 2 is 1.85 bits per heavy atom. The molecule has 1 fully saturated rings. The van der Waals surface area contributed by atoms with Gasteiger partial charge in [-0.15, -0.1) is 0 Å². The second-order valence-electron chi connectivity index (χ2n) is 7.39. The summed E-state index contributed by atoms with van der Waals surface area (Å²) in [6, 6.07) is 0. The zero-order chi connectivity index (χ0) is 19.6. The predicted octanol–water partition coefficient (Wildman–Crippen LogP) is 1.77. The lowest BCUT2D eigenvalue weighted by Crippen LogP contribution is -2.35. The molecule has 0 bridgehead atoms. The number of aryl methyl sites for hydroxylation is 2. The minimum Gasteiger partial charge on any atom is -0.360 e. The van der Waals surface area contributed by atoms with Gasteiger partial charge in [-0.25, -0.2) is 8.42 Å². The maximum atomic E-state index is 13.0. The van der Waals surface area contributed by atoms with E-state index in [-0.39, 0.29) is 4.90 Å². The topological polar surface area (TPSA) is 106 Å². The third-order valence-electron chi connectivity index (χ3n) is 4.57. The van der Waals surface area contributed by atoms with E-state index in [1.807, 2.05) is 0 Å². The molecule has 150 valence electrons. The third kappa shape index (κ3) is 4.56. The highest BCUT2D eigenvalue weighted by molar-refractivity contribution is 7.89. The Morgan fingerprint density at radius 3 is 2.52 bits per heavy atom. The monoisotopic (exact) mass is 397 g/mol. The summed E-state index contributed by atoms with van der Waals surface area (Å²) >= 11 is 0. The molecule has 27 heavy (non-hydrogen) atoms. The normalized spacial score (nSPS) is 17.5. The average molecular weight is 398 g/mol. The van der Waals surface area contributed by atoms with E-state index in [2.05, 4.69) is 34.0 Å². The molecule has 3 rings (SSSR count). The molecule has 1 aliphatic rings. The summed E-state index contributed by atoms with van der Waals surface area (Å²) in [5.74, 6) is 2.10. The second-order valence-corrected chi connectivity index (χ2v) is 9.26. The fourth-order valence-electron chi connectivity index (χ4n) is 3.31. The zero-order valence-corrected chi connectivity index (χ0v) is 17.1. The lowest BCUT2D eigenvalue weighted by molar-refractivity contribution is 0.235. The van der Waals surface area contributed by atoms with Gasteiger partial charge in [0.1, 0.15) is 10.6 Å². The van der Waals surface area contributed by atoms with Crippen molar-refractivity contribution in [3.63, 3.8) is 0 Å². The highest BCUT2D eigenvalue weighted by Gasteiger charge is 2.32. The van der Waals surface area contributed by atoms with E-state index in [0.29, 0.717) is 49.4 Å². The fraction of sp³-hybridized carbons (Fsp3) is 0.706. The molecule has 1 aliphatic heterocycles. The van der Waals surface area contributed by atoms with Crippen LogP contribution in [0.3, 0.4) is 0 Å². The van der Waals surface area contributed by atoms with Gasteiger partial charge in [0.2, 0.25) is 15.9 Å². The van der Waals surface area contributed by atoms with Gasteiger partial charge in [-0.3, -0.25) is 4.90 Å². The van der Waals surface area contributed by atoms with Gasteiger partial charge in [-0.1, -0.05) is 24.2 Å². The molecule has 0 spiro atoms. The van der Waals surface area contributed by atoms with Gasteiger partial charge >= 0.3 is 0 Å². The van der Waals surface area contributed by atoms with Crippen LogP contribution >= 0.6 is 0 Å². The minimum absolute atomic E-state index is 0.186. The summed E-state index contributed by atoms with van der Waals surface area (Å²) in [5.41, 5.74) is 0.400. The van der Waals surface area contributed by atoms with E-state index in [9.17, 15) is 8.42 Å². The molecule has 2 aromatic rings. The molecule has 0 saturated carbocycles. The molecule has 0 aromatic carbocycles. The number of nitrogens with zero attached hydrogens (tertiary/aromatic N) is 5. The maximum Gasteiger partial charge on any atom is 0.248 e. The number of aromatic nitrogens is 3. The first-order chi connectivity index (χ1) is 12.8. The molecule has 10 heteroatoms. The van der Waals surface area contributed by atoms with Crippen molar-refractivity contribution in [2.75, 3.05) is 26.2 Å². The maximum absolute atomic E-state index is 13.0. The van der Waals surface area contributed by atoms with Crippen molar-refractivity contribution >= 4 is 10.0 Å². The Labute approximate surface area is 159 Å². The largest absolute Gasteiger partial charge is 0.360 e. The fourth-order valence-corrected chi connectivity index (χ4v) is 5.07. The first kappa shape index (κ1) is 20.0. The Balaban J connectivity index is 1.64. The van der Waals surface area contributed by atoms with Gasteiger partial charge in [0.25, 0.3) is 0 Å². The van der Waals surface area contributed by atoms with Crippen molar-refractivity contribution in [3.8, 4) is 0 Å². The van der Waals surface area contributed by atoms with Gasteiger partial charge in [-0.2, -0.15) is 9.29 Å². The van der Waals surface area contributed by atoms with Crippen molar-refractivity contribution in [2.24, 2.45) is 5.92 Å². The van der Waals surface area contributed by atoms with Gasteiger partial charge < -0.3 is 9.05 Å². The molecular formula is C17H27N5O4S. The lowest BCUT2D eigenvalue weighted by atomic mass is 10.1. The number of hydrogen-bond donors (Lipinski definition) is 0. The van der Waals surface area contributed by atoms with Crippen LogP contribution in [0.4, 0.5) is 0 Å². The quantitative estimate of drug-likeness (QED) is 0.726. The molecular weight excluding hydrogens is 370 g/mol. The standard InChI is InChI=1S/C17H27N5O4S/c1-12(2)10-15-18-16(26-20-15)11-21-6-5-7-22(9-8-21)27(23,24)17-13(3)19-25-14(17)4/h12H,5-11H2,1-4H3. The van der Waals surface area contributed by atoms with Gasteiger partial charge in [-0.05, 0) is 32.7 Å². The molecule has 0 N–H and O–H groups in total. The number of rotatable bonds is 6. The number of sulfonamides is 1. The second kappa shape index (κ2) is 8.07. The van der Waals surface area contributed by atoms with Crippen LogP contribution in [-0.4, -0.2) is 59.1 Å². The molecule has 0 aliphatic carbocycles. The molecule has 9 nitrogen and oxygen atoms in total. The van der Waals surface area contributed by atoms with Crippen LogP contribution in [0.2, 0.25) is 0 Å². The summed E-state index contributed by atoms with van der Waals surface area (Å²) in [6.45, 7) is 10.3. The Morgan fingerprint density at radius 1 is 1.07 bits per heavy atom. The number of hydrogen-bond acceptors (Lipinski definition) is 8. The molecule has 0 amide bonds. The van der Waals surface area contributed by atoms with E-state index in [1.165, 1.54) is 4.31 Å². The summed E-state index contributed by atoms with van der Waals surface area (Å²) in [4.78, 5) is 6.77. The summed E-state index contributed by atoms with van der Waals surface area (Å²) in [7, 11) is -3.61. The van der Waals surface area contributed by atoms with Crippen LogP contribution in [0.15, 0.2) is 13.9 Å². The Bertz CT molecular complexity index is 854. The molecule has 0 unspecified atom stereocenters. The van der Waals surface area contributed by atoms with Crippen molar-refractivity contribution in [1.29, 1.82) is 0 Å². The van der Waals surface area contributed by atoms with E-state index >= 15 is 0 Å². The Kier molecular flexibility index (Phi) is 5.97. The summed E-state index contributed by atoms with van der Waals surface area (Å²) < 4.78 is 37.8.